The van der Waals surface area contributed by atoms with E-state index in [2.05, 4.69) is 15.6 Å². The van der Waals surface area contributed by atoms with E-state index in [1.54, 1.807) is 12.1 Å². The summed E-state index contributed by atoms with van der Waals surface area (Å²) in [4.78, 5) is 18.0. The van der Waals surface area contributed by atoms with Crippen LogP contribution in [0.3, 0.4) is 0 Å². The largest absolute Gasteiger partial charge is 0.354 e. The molecule has 0 fully saturated rings. The van der Waals surface area contributed by atoms with Gasteiger partial charge in [-0.3, -0.25) is 9.79 Å². The van der Waals surface area contributed by atoms with Crippen molar-refractivity contribution in [3.63, 3.8) is 0 Å². The highest BCUT2D eigenvalue weighted by Gasteiger charge is 2.11. The van der Waals surface area contributed by atoms with E-state index in [0.717, 1.165) is 19.0 Å². The maximum atomic E-state index is 13.0. The summed E-state index contributed by atoms with van der Waals surface area (Å²) >= 11 is 0. The molecule has 1 aliphatic heterocycles. The molecule has 0 aliphatic carbocycles. The van der Waals surface area contributed by atoms with Crippen molar-refractivity contribution < 1.29 is 9.18 Å². The molecule has 0 spiro atoms. The number of carbonyl (C=O) groups excluding carboxylic acids is 1. The number of hydrogen-bond acceptors (Lipinski definition) is 4. The van der Waals surface area contributed by atoms with Gasteiger partial charge < -0.3 is 15.5 Å². The van der Waals surface area contributed by atoms with Gasteiger partial charge >= 0.3 is 0 Å². The first kappa shape index (κ1) is 17.7. The Kier molecular flexibility index (Phi) is 7.41. The fourth-order valence-electron chi connectivity index (χ4n) is 1.99. The van der Waals surface area contributed by atoms with E-state index in [9.17, 15) is 9.18 Å². The topological polar surface area (TPSA) is 56.7 Å². The van der Waals surface area contributed by atoms with Gasteiger partial charge in [-0.1, -0.05) is 12.1 Å². The lowest BCUT2D eigenvalue weighted by Crippen LogP contribution is -2.40. The van der Waals surface area contributed by atoms with E-state index in [4.69, 9.17) is 0 Å². The molecule has 5 nitrogen and oxygen atoms in total. The Morgan fingerprint density at radius 1 is 1.43 bits per heavy atom. The van der Waals surface area contributed by atoms with Crippen molar-refractivity contribution in [3.8, 4) is 0 Å². The molecular formula is C14H20FIN4O. The number of benzene rings is 1. The van der Waals surface area contributed by atoms with Crippen molar-refractivity contribution in [2.24, 2.45) is 4.99 Å². The minimum Gasteiger partial charge on any atom is -0.354 e. The number of guanidine groups is 1. The summed E-state index contributed by atoms with van der Waals surface area (Å²) in [6, 6.07) is 6.08. The van der Waals surface area contributed by atoms with Crippen molar-refractivity contribution in [3.05, 3.63) is 35.6 Å². The van der Waals surface area contributed by atoms with Crippen molar-refractivity contribution in [2.75, 3.05) is 33.2 Å². The molecule has 1 aromatic rings. The standard InChI is InChI=1S/C14H19FN4O.HI/c1-19-8-7-18-14(19)17-6-5-16-13(20)10-11-3-2-4-12(15)9-11;/h2-4,9H,5-8,10H2,1H3,(H,16,20)(H,17,18);1H. The number of amides is 1. The number of aliphatic imine (C=N–C) groups is 1. The third-order valence-electron chi connectivity index (χ3n) is 3.04. The fraction of sp³-hybridized carbons (Fsp3) is 0.429. The molecule has 1 aromatic carbocycles. The molecule has 21 heavy (non-hydrogen) atoms. The first-order valence-corrected chi connectivity index (χ1v) is 6.66. The van der Waals surface area contributed by atoms with Crippen molar-refractivity contribution >= 4 is 35.8 Å². The van der Waals surface area contributed by atoms with Gasteiger partial charge in [0.25, 0.3) is 0 Å². The quantitative estimate of drug-likeness (QED) is 0.567. The number of rotatable bonds is 5. The van der Waals surface area contributed by atoms with Crippen LogP contribution in [0.4, 0.5) is 4.39 Å². The lowest BCUT2D eigenvalue weighted by molar-refractivity contribution is -0.120. The highest BCUT2D eigenvalue weighted by molar-refractivity contribution is 14.0. The van der Waals surface area contributed by atoms with Gasteiger partial charge in [0.05, 0.1) is 13.0 Å². The molecule has 7 heteroatoms. The third kappa shape index (κ3) is 5.86. The molecule has 0 bridgehead atoms. The van der Waals surface area contributed by atoms with Crippen molar-refractivity contribution in [1.82, 2.24) is 15.5 Å². The van der Waals surface area contributed by atoms with Crippen LogP contribution in [0, 0.1) is 5.82 Å². The van der Waals surface area contributed by atoms with E-state index in [1.165, 1.54) is 12.1 Å². The van der Waals surface area contributed by atoms with Crippen LogP contribution in [-0.2, 0) is 11.2 Å². The summed E-state index contributed by atoms with van der Waals surface area (Å²) in [5, 5.41) is 5.95. The zero-order valence-corrected chi connectivity index (χ0v) is 14.3. The molecular weight excluding hydrogens is 386 g/mol. The summed E-state index contributed by atoms with van der Waals surface area (Å²) in [5.74, 6) is 0.433. The Balaban J connectivity index is 0.00000220. The van der Waals surface area contributed by atoms with E-state index < -0.39 is 0 Å². The number of hydrogen-bond donors (Lipinski definition) is 2. The van der Waals surface area contributed by atoms with Crippen molar-refractivity contribution in [2.45, 2.75) is 6.42 Å². The second kappa shape index (κ2) is 8.81. The van der Waals surface area contributed by atoms with Crippen LogP contribution in [0.25, 0.3) is 0 Å². The second-order valence-electron chi connectivity index (χ2n) is 4.71. The zero-order chi connectivity index (χ0) is 14.4. The minimum absolute atomic E-state index is 0. The average molecular weight is 406 g/mol. The SMILES string of the molecule is CN1CCN=C1NCCNC(=O)Cc1cccc(F)c1.I. The van der Waals surface area contributed by atoms with Gasteiger partial charge in [0, 0.05) is 26.7 Å². The summed E-state index contributed by atoms with van der Waals surface area (Å²) in [5.41, 5.74) is 0.676. The highest BCUT2D eigenvalue weighted by atomic mass is 127. The van der Waals surface area contributed by atoms with Gasteiger partial charge in [-0.05, 0) is 17.7 Å². The monoisotopic (exact) mass is 406 g/mol. The van der Waals surface area contributed by atoms with Crippen LogP contribution < -0.4 is 10.6 Å². The van der Waals surface area contributed by atoms with Crippen LogP contribution in [0.2, 0.25) is 0 Å². The molecule has 0 saturated heterocycles. The maximum Gasteiger partial charge on any atom is 0.224 e. The first-order chi connectivity index (χ1) is 9.65. The Morgan fingerprint density at radius 3 is 2.90 bits per heavy atom. The molecule has 0 aromatic heterocycles. The summed E-state index contributed by atoms with van der Waals surface area (Å²) in [6.45, 7) is 2.87. The average Bonchev–Trinajstić information content (AvgIpc) is 2.80. The Bertz CT molecular complexity index is 510. The third-order valence-corrected chi connectivity index (χ3v) is 3.04. The van der Waals surface area contributed by atoms with Gasteiger partial charge in [0.1, 0.15) is 5.82 Å². The van der Waals surface area contributed by atoms with Crippen LogP contribution in [0.1, 0.15) is 5.56 Å². The lowest BCUT2D eigenvalue weighted by atomic mass is 10.1. The predicted octanol–water partition coefficient (Wildman–Crippen LogP) is 0.993. The fourth-order valence-corrected chi connectivity index (χ4v) is 1.99. The first-order valence-electron chi connectivity index (χ1n) is 6.66. The predicted molar refractivity (Wildman–Crippen MR) is 91.5 cm³/mol. The number of halogens is 2. The highest BCUT2D eigenvalue weighted by Crippen LogP contribution is 2.03. The number of carbonyl (C=O) groups is 1. The molecule has 2 rings (SSSR count). The molecule has 2 N–H and O–H groups in total. The van der Waals surface area contributed by atoms with Gasteiger partial charge in [-0.15, -0.1) is 24.0 Å². The van der Waals surface area contributed by atoms with Gasteiger partial charge in [-0.2, -0.15) is 0 Å². The van der Waals surface area contributed by atoms with Crippen LogP contribution in [-0.4, -0.2) is 50.0 Å². The van der Waals surface area contributed by atoms with E-state index >= 15 is 0 Å². The van der Waals surface area contributed by atoms with Crippen LogP contribution in [0.15, 0.2) is 29.3 Å². The molecule has 0 radical (unpaired) electrons. The maximum absolute atomic E-state index is 13.0. The van der Waals surface area contributed by atoms with E-state index in [1.807, 2.05) is 11.9 Å². The zero-order valence-electron chi connectivity index (χ0n) is 11.9. The summed E-state index contributed by atoms with van der Waals surface area (Å²) in [7, 11) is 1.97. The van der Waals surface area contributed by atoms with E-state index in [-0.39, 0.29) is 42.1 Å². The summed E-state index contributed by atoms with van der Waals surface area (Å²) in [6.07, 6.45) is 0.193. The Morgan fingerprint density at radius 2 is 2.24 bits per heavy atom. The number of nitrogens with zero attached hydrogens (tertiary/aromatic N) is 2. The molecule has 1 heterocycles. The summed E-state index contributed by atoms with van der Waals surface area (Å²) < 4.78 is 13.0. The molecule has 1 amide bonds. The number of likely N-dealkylation sites (N-methyl/N-ethyl adjacent to an activating group) is 1. The Labute approximate surface area is 141 Å². The van der Waals surface area contributed by atoms with Gasteiger partial charge in [-0.25, -0.2) is 4.39 Å². The lowest BCUT2D eigenvalue weighted by Gasteiger charge is -2.15. The van der Waals surface area contributed by atoms with E-state index in [0.29, 0.717) is 18.7 Å². The number of nitrogens with one attached hydrogen (secondary N) is 2. The normalized spacial score (nSPS) is 13.4. The molecule has 0 atom stereocenters. The molecule has 1 aliphatic rings. The van der Waals surface area contributed by atoms with Crippen LogP contribution >= 0.6 is 24.0 Å². The molecule has 0 saturated carbocycles. The van der Waals surface area contributed by atoms with Crippen molar-refractivity contribution in [1.29, 1.82) is 0 Å². The molecule has 0 unspecified atom stereocenters. The minimum atomic E-state index is -0.320. The smallest absolute Gasteiger partial charge is 0.224 e. The van der Waals surface area contributed by atoms with Gasteiger partial charge in [0.15, 0.2) is 5.96 Å². The Hall–Kier alpha value is -1.38. The van der Waals surface area contributed by atoms with Gasteiger partial charge in [0.2, 0.25) is 5.91 Å². The van der Waals surface area contributed by atoms with Crippen LogP contribution in [0.5, 0.6) is 0 Å². The molecule has 116 valence electrons. The second-order valence-corrected chi connectivity index (χ2v) is 4.71.